The van der Waals surface area contributed by atoms with Crippen LogP contribution in [0.3, 0.4) is 0 Å². The molecule has 2 heterocycles. The molecule has 1 aromatic carbocycles. The molecule has 9 nitrogen and oxygen atoms in total. The molecule has 182 valence electrons. The zero-order valence-corrected chi connectivity index (χ0v) is 21.5. The van der Waals surface area contributed by atoms with Crippen LogP contribution in [0, 0.1) is 6.92 Å². The molecule has 1 saturated heterocycles. The van der Waals surface area contributed by atoms with E-state index in [-0.39, 0.29) is 17.5 Å². The summed E-state index contributed by atoms with van der Waals surface area (Å²) in [5.74, 6) is 0.867. The van der Waals surface area contributed by atoms with E-state index in [4.69, 9.17) is 0 Å². The van der Waals surface area contributed by atoms with Crippen LogP contribution in [-0.2, 0) is 10.0 Å². The average Bonchev–Trinajstić information content (AvgIpc) is 2.81. The van der Waals surface area contributed by atoms with Crippen LogP contribution < -0.4 is 15.4 Å². The summed E-state index contributed by atoms with van der Waals surface area (Å²) in [6, 6.07) is 5.03. The first-order valence-electron chi connectivity index (χ1n) is 11.3. The second-order valence-corrected chi connectivity index (χ2v) is 10.8. The maximum Gasteiger partial charge on any atom is 0.240 e. The van der Waals surface area contributed by atoms with E-state index in [0.717, 1.165) is 19.5 Å². The molecule has 11 heteroatoms. The van der Waals surface area contributed by atoms with Gasteiger partial charge in [0.15, 0.2) is 0 Å². The summed E-state index contributed by atoms with van der Waals surface area (Å²) in [5, 5.41) is 15.7. The van der Waals surface area contributed by atoms with Crippen molar-refractivity contribution in [2.24, 2.45) is 0 Å². The van der Waals surface area contributed by atoms with Gasteiger partial charge in [-0.2, -0.15) is 4.98 Å². The minimum absolute atomic E-state index is 0.0142. The predicted molar refractivity (Wildman–Crippen MR) is 134 cm³/mol. The van der Waals surface area contributed by atoms with E-state index in [1.807, 2.05) is 6.92 Å². The molecule has 3 rings (SSSR count). The van der Waals surface area contributed by atoms with Gasteiger partial charge in [0.2, 0.25) is 16.0 Å². The molecular weight excluding hydrogens is 508 g/mol. The summed E-state index contributed by atoms with van der Waals surface area (Å²) in [6.07, 6.45) is 5.94. The molecule has 4 N–H and O–H groups in total. The first-order chi connectivity index (χ1) is 15.8. The number of sulfonamides is 1. The maximum atomic E-state index is 13.0. The summed E-state index contributed by atoms with van der Waals surface area (Å²) in [5.41, 5.74) is 1.23. The lowest BCUT2D eigenvalue weighted by Crippen LogP contribution is -2.37. The van der Waals surface area contributed by atoms with Crippen molar-refractivity contribution in [3.05, 3.63) is 34.4 Å². The van der Waals surface area contributed by atoms with E-state index < -0.39 is 10.0 Å². The minimum Gasteiger partial charge on any atom is -0.394 e. The van der Waals surface area contributed by atoms with Gasteiger partial charge in [0.25, 0.3) is 0 Å². The van der Waals surface area contributed by atoms with Crippen LogP contribution >= 0.6 is 15.9 Å². The van der Waals surface area contributed by atoms with Crippen molar-refractivity contribution in [1.29, 1.82) is 0 Å². The Morgan fingerprint density at radius 1 is 1.24 bits per heavy atom. The summed E-state index contributed by atoms with van der Waals surface area (Å²) in [6.45, 7) is 6.89. The third kappa shape index (κ3) is 7.35. The van der Waals surface area contributed by atoms with Gasteiger partial charge in [-0.3, -0.25) is 0 Å². The molecule has 33 heavy (non-hydrogen) atoms. The van der Waals surface area contributed by atoms with E-state index >= 15 is 0 Å². The number of halogens is 1. The Labute approximate surface area is 204 Å². The van der Waals surface area contributed by atoms with Crippen molar-refractivity contribution >= 4 is 43.4 Å². The fraction of sp³-hybridized carbons (Fsp3) is 0.545. The lowest BCUT2D eigenvalue weighted by molar-refractivity contribution is 0.233. The highest BCUT2D eigenvalue weighted by Crippen LogP contribution is 2.25. The van der Waals surface area contributed by atoms with E-state index in [9.17, 15) is 13.5 Å². The van der Waals surface area contributed by atoms with E-state index in [1.54, 1.807) is 31.3 Å². The average molecular weight is 542 g/mol. The van der Waals surface area contributed by atoms with Gasteiger partial charge in [-0.1, -0.05) is 19.4 Å². The van der Waals surface area contributed by atoms with Crippen LogP contribution in [0.25, 0.3) is 0 Å². The highest BCUT2D eigenvalue weighted by Gasteiger charge is 2.19. The van der Waals surface area contributed by atoms with Crippen molar-refractivity contribution in [2.45, 2.75) is 50.5 Å². The topological polar surface area (TPSA) is 119 Å². The molecular formula is C22H33BrN6O3S. The van der Waals surface area contributed by atoms with Gasteiger partial charge in [0, 0.05) is 25.0 Å². The number of aliphatic hydroxyl groups is 1. The molecule has 0 amide bonds. The van der Waals surface area contributed by atoms with Gasteiger partial charge < -0.3 is 20.6 Å². The number of rotatable bonds is 11. The normalized spacial score (nSPS) is 15.9. The number of hydrogen-bond acceptors (Lipinski definition) is 8. The number of benzene rings is 1. The van der Waals surface area contributed by atoms with Gasteiger partial charge >= 0.3 is 0 Å². The zero-order chi connectivity index (χ0) is 23.8. The van der Waals surface area contributed by atoms with E-state index in [2.05, 4.69) is 46.2 Å². The third-order valence-electron chi connectivity index (χ3n) is 5.70. The SMILES string of the molecule is CC[C@H](CO)Nc1nc(Nc2ccc(C)c(S(=O)(=O)NCCN3CCCCC3)c2)ncc1Br. The summed E-state index contributed by atoms with van der Waals surface area (Å²) in [7, 11) is -3.65. The molecule has 2 aromatic rings. The van der Waals surface area contributed by atoms with Gasteiger partial charge in [-0.05, 0) is 72.9 Å². The Morgan fingerprint density at radius 2 is 2.00 bits per heavy atom. The Morgan fingerprint density at radius 3 is 2.70 bits per heavy atom. The molecule has 0 aliphatic carbocycles. The number of aryl methyl sites for hydroxylation is 1. The smallest absolute Gasteiger partial charge is 0.240 e. The highest BCUT2D eigenvalue weighted by molar-refractivity contribution is 9.10. The standard InChI is InChI=1S/C22H33BrN6O3S/c1-3-17(15-30)26-21-19(23)14-24-22(28-21)27-18-8-7-16(2)20(13-18)33(31,32)25-9-12-29-10-5-4-6-11-29/h7-8,13-14,17,25,30H,3-6,9-12,15H2,1-2H3,(H2,24,26,27,28)/t17-/m1/s1. The maximum absolute atomic E-state index is 13.0. The van der Waals surface area contributed by atoms with Gasteiger partial charge in [0.1, 0.15) is 5.82 Å². The number of aromatic nitrogens is 2. The molecule has 1 fully saturated rings. The first kappa shape index (κ1) is 25.8. The molecule has 1 aliphatic rings. The van der Waals surface area contributed by atoms with Gasteiger partial charge in [-0.25, -0.2) is 18.1 Å². The molecule has 1 atom stereocenters. The quantitative estimate of drug-likeness (QED) is 0.343. The van der Waals surface area contributed by atoms with Crippen LogP contribution in [0.15, 0.2) is 33.8 Å². The Hall–Kier alpha value is -1.79. The second kappa shape index (κ2) is 12.1. The lowest BCUT2D eigenvalue weighted by Gasteiger charge is -2.26. The Bertz CT molecular complexity index is 1030. The zero-order valence-electron chi connectivity index (χ0n) is 19.1. The van der Waals surface area contributed by atoms with E-state index in [1.165, 1.54) is 19.3 Å². The first-order valence-corrected chi connectivity index (χ1v) is 13.6. The molecule has 0 bridgehead atoms. The minimum atomic E-state index is -3.65. The number of nitrogens with zero attached hydrogens (tertiary/aromatic N) is 3. The van der Waals surface area contributed by atoms with Crippen molar-refractivity contribution in [2.75, 3.05) is 43.4 Å². The number of piperidine rings is 1. The number of nitrogens with one attached hydrogen (secondary N) is 3. The molecule has 0 spiro atoms. The lowest BCUT2D eigenvalue weighted by atomic mass is 10.1. The molecule has 1 aromatic heterocycles. The Kier molecular flexibility index (Phi) is 9.45. The molecule has 1 aliphatic heterocycles. The van der Waals surface area contributed by atoms with Crippen LogP contribution in [0.1, 0.15) is 38.2 Å². The summed E-state index contributed by atoms with van der Waals surface area (Å²) in [4.78, 5) is 11.3. The number of hydrogen-bond donors (Lipinski definition) is 4. The number of aliphatic hydroxyl groups excluding tert-OH is 1. The van der Waals surface area contributed by atoms with Crippen molar-refractivity contribution in [3.63, 3.8) is 0 Å². The van der Waals surface area contributed by atoms with Crippen molar-refractivity contribution in [3.8, 4) is 0 Å². The van der Waals surface area contributed by atoms with Gasteiger partial charge in [-0.15, -0.1) is 0 Å². The highest BCUT2D eigenvalue weighted by atomic mass is 79.9. The molecule has 0 radical (unpaired) electrons. The van der Waals surface area contributed by atoms with Crippen LogP contribution in [0.4, 0.5) is 17.5 Å². The Balaban J connectivity index is 1.70. The van der Waals surface area contributed by atoms with E-state index in [0.29, 0.717) is 40.6 Å². The third-order valence-corrected chi connectivity index (χ3v) is 7.88. The predicted octanol–water partition coefficient (Wildman–Crippen LogP) is 3.24. The molecule has 0 saturated carbocycles. The van der Waals surface area contributed by atoms with Crippen LogP contribution in [0.5, 0.6) is 0 Å². The van der Waals surface area contributed by atoms with Crippen molar-refractivity contribution < 1.29 is 13.5 Å². The fourth-order valence-electron chi connectivity index (χ4n) is 3.69. The van der Waals surface area contributed by atoms with Crippen LogP contribution in [-0.4, -0.2) is 67.2 Å². The number of anilines is 3. The fourth-order valence-corrected chi connectivity index (χ4v) is 5.29. The van der Waals surface area contributed by atoms with Crippen molar-refractivity contribution in [1.82, 2.24) is 19.6 Å². The largest absolute Gasteiger partial charge is 0.394 e. The van der Waals surface area contributed by atoms with Gasteiger partial charge in [0.05, 0.1) is 22.0 Å². The number of likely N-dealkylation sites (tertiary alicyclic amines) is 1. The summed E-state index contributed by atoms with van der Waals surface area (Å²) >= 11 is 3.41. The van der Waals surface area contributed by atoms with Crippen LogP contribution in [0.2, 0.25) is 0 Å². The summed E-state index contributed by atoms with van der Waals surface area (Å²) < 4.78 is 29.3. The molecule has 0 unspecified atom stereocenters. The second-order valence-electron chi connectivity index (χ2n) is 8.23. The monoisotopic (exact) mass is 540 g/mol.